The van der Waals surface area contributed by atoms with Crippen LogP contribution in [0.3, 0.4) is 0 Å². The van der Waals surface area contributed by atoms with E-state index in [-0.39, 0.29) is 23.2 Å². The molecule has 7 heteroatoms. The molecule has 0 aliphatic heterocycles. The van der Waals surface area contributed by atoms with Crippen LogP contribution in [0.5, 0.6) is 11.5 Å². The molecule has 0 amide bonds. The summed E-state index contributed by atoms with van der Waals surface area (Å²) in [6.07, 6.45) is 2.10. The van der Waals surface area contributed by atoms with Crippen molar-refractivity contribution in [2.45, 2.75) is 6.61 Å². The van der Waals surface area contributed by atoms with Crippen LogP contribution in [0.25, 0.3) is 6.08 Å². The molecule has 0 saturated heterocycles. The summed E-state index contributed by atoms with van der Waals surface area (Å²) in [5.74, 6) is 0.262. The van der Waals surface area contributed by atoms with Crippen LogP contribution in [0.1, 0.15) is 11.1 Å². The van der Waals surface area contributed by atoms with Gasteiger partial charge in [0, 0.05) is 6.08 Å². The zero-order valence-corrected chi connectivity index (χ0v) is 12.9. The van der Waals surface area contributed by atoms with Crippen molar-refractivity contribution in [2.24, 2.45) is 0 Å². The first-order chi connectivity index (χ1) is 11.0. The second-order valence-corrected chi connectivity index (χ2v) is 4.96. The normalized spacial score (nSPS) is 10.7. The highest BCUT2D eigenvalue weighted by Gasteiger charge is 2.12. The van der Waals surface area contributed by atoms with E-state index in [1.54, 1.807) is 18.2 Å². The molecule has 0 aliphatic carbocycles. The number of nitro groups is 1. The lowest BCUT2D eigenvalue weighted by atomic mass is 10.2. The average Bonchev–Trinajstić information content (AvgIpc) is 2.51. The molecule has 0 radical (unpaired) electrons. The summed E-state index contributed by atoms with van der Waals surface area (Å²) in [6, 6.07) is 9.08. The third-order valence-electron chi connectivity index (χ3n) is 2.91. The number of hydrogen-bond donors (Lipinski definition) is 0. The first-order valence-electron chi connectivity index (χ1n) is 6.56. The third kappa shape index (κ3) is 4.69. The van der Waals surface area contributed by atoms with Gasteiger partial charge >= 0.3 is 0 Å². The summed E-state index contributed by atoms with van der Waals surface area (Å²) in [5, 5.41) is 10.6. The highest BCUT2D eigenvalue weighted by atomic mass is 35.5. The minimum Gasteiger partial charge on any atom is -0.493 e. The van der Waals surface area contributed by atoms with E-state index in [9.17, 15) is 14.5 Å². The van der Waals surface area contributed by atoms with Crippen LogP contribution in [0.2, 0.25) is 5.02 Å². The van der Waals surface area contributed by atoms with Gasteiger partial charge < -0.3 is 9.47 Å². The summed E-state index contributed by atoms with van der Waals surface area (Å²) < 4.78 is 23.9. The molecule has 0 fully saturated rings. The van der Waals surface area contributed by atoms with Crippen LogP contribution >= 0.6 is 11.6 Å². The lowest BCUT2D eigenvalue weighted by molar-refractivity contribution is -0.400. The number of halogens is 2. The Morgan fingerprint density at radius 2 is 2.13 bits per heavy atom. The van der Waals surface area contributed by atoms with Gasteiger partial charge in [0.15, 0.2) is 11.5 Å². The Kier molecular flexibility index (Phi) is 5.54. The first kappa shape index (κ1) is 16.8. The predicted molar refractivity (Wildman–Crippen MR) is 84.8 cm³/mol. The summed E-state index contributed by atoms with van der Waals surface area (Å²) in [5.41, 5.74) is 1.14. The summed E-state index contributed by atoms with van der Waals surface area (Å²) in [7, 11) is 1.43. The number of methoxy groups -OCH3 is 1. The highest BCUT2D eigenvalue weighted by molar-refractivity contribution is 6.32. The predicted octanol–water partition coefficient (Wildman–Crippen LogP) is 4.31. The Labute approximate surface area is 137 Å². The van der Waals surface area contributed by atoms with Gasteiger partial charge in [-0.2, -0.15) is 0 Å². The van der Waals surface area contributed by atoms with Crippen molar-refractivity contribution in [3.8, 4) is 11.5 Å². The molecule has 0 atom stereocenters. The number of benzene rings is 2. The van der Waals surface area contributed by atoms with Gasteiger partial charge in [0.1, 0.15) is 12.4 Å². The van der Waals surface area contributed by atoms with E-state index in [0.29, 0.717) is 16.9 Å². The smallest absolute Gasteiger partial charge is 0.235 e. The highest BCUT2D eigenvalue weighted by Crippen LogP contribution is 2.37. The maximum Gasteiger partial charge on any atom is 0.235 e. The SMILES string of the molecule is COc1cc(C=C[N+](=O)[O-])cc(Cl)c1OCc1cccc(F)c1. The molecule has 2 aromatic carbocycles. The van der Waals surface area contributed by atoms with Gasteiger partial charge in [-0.3, -0.25) is 10.1 Å². The van der Waals surface area contributed by atoms with Crippen molar-refractivity contribution in [3.63, 3.8) is 0 Å². The fourth-order valence-corrected chi connectivity index (χ4v) is 2.18. The standard InChI is InChI=1S/C16H13ClFNO4/c1-22-15-9-11(5-6-19(20)21)8-14(17)16(15)23-10-12-3-2-4-13(18)7-12/h2-9H,10H2,1H3. The molecule has 0 heterocycles. The molecule has 120 valence electrons. The van der Waals surface area contributed by atoms with Crippen LogP contribution in [0, 0.1) is 15.9 Å². The minimum atomic E-state index is -0.575. The minimum absolute atomic E-state index is 0.109. The van der Waals surface area contributed by atoms with Crippen LogP contribution in [0.4, 0.5) is 4.39 Å². The quantitative estimate of drug-likeness (QED) is 0.582. The summed E-state index contributed by atoms with van der Waals surface area (Å²) in [6.45, 7) is 0.109. The van der Waals surface area contributed by atoms with Crippen LogP contribution < -0.4 is 9.47 Å². The molecule has 5 nitrogen and oxygen atoms in total. The monoisotopic (exact) mass is 337 g/mol. The van der Waals surface area contributed by atoms with Crippen LogP contribution in [-0.2, 0) is 6.61 Å². The fraction of sp³-hybridized carbons (Fsp3) is 0.125. The summed E-state index contributed by atoms with van der Waals surface area (Å²) >= 11 is 6.14. The van der Waals surface area contributed by atoms with Gasteiger partial charge in [-0.15, -0.1) is 0 Å². The molecule has 23 heavy (non-hydrogen) atoms. The fourth-order valence-electron chi connectivity index (χ4n) is 1.91. The zero-order valence-electron chi connectivity index (χ0n) is 12.2. The Hall–Kier alpha value is -2.60. The maximum atomic E-state index is 13.2. The van der Waals surface area contributed by atoms with Crippen molar-refractivity contribution in [2.75, 3.05) is 7.11 Å². The van der Waals surface area contributed by atoms with E-state index in [4.69, 9.17) is 21.1 Å². The second kappa shape index (κ2) is 7.60. The molecule has 0 aliphatic rings. The van der Waals surface area contributed by atoms with Gasteiger partial charge in [0.2, 0.25) is 6.20 Å². The van der Waals surface area contributed by atoms with E-state index in [1.165, 1.54) is 31.4 Å². The van der Waals surface area contributed by atoms with Gasteiger partial charge in [-0.05, 0) is 35.4 Å². The van der Waals surface area contributed by atoms with Crippen molar-refractivity contribution in [3.05, 3.63) is 74.7 Å². The van der Waals surface area contributed by atoms with Crippen molar-refractivity contribution >= 4 is 17.7 Å². The number of ether oxygens (including phenoxy) is 2. The summed E-state index contributed by atoms with van der Waals surface area (Å²) in [4.78, 5) is 9.79. The van der Waals surface area contributed by atoms with Gasteiger partial charge in [-0.25, -0.2) is 4.39 Å². The molecule has 2 rings (SSSR count). The van der Waals surface area contributed by atoms with Gasteiger partial charge in [0.25, 0.3) is 0 Å². The number of rotatable bonds is 6. The molecule has 2 aromatic rings. The van der Waals surface area contributed by atoms with Crippen molar-refractivity contribution in [1.29, 1.82) is 0 Å². The Morgan fingerprint density at radius 1 is 1.35 bits per heavy atom. The molecule has 0 saturated carbocycles. The molecule has 0 unspecified atom stereocenters. The average molecular weight is 338 g/mol. The van der Waals surface area contributed by atoms with Gasteiger partial charge in [-0.1, -0.05) is 23.7 Å². The van der Waals surface area contributed by atoms with E-state index in [1.807, 2.05) is 0 Å². The van der Waals surface area contributed by atoms with Crippen molar-refractivity contribution < 1.29 is 18.8 Å². The molecule has 0 bridgehead atoms. The van der Waals surface area contributed by atoms with Crippen LogP contribution in [-0.4, -0.2) is 12.0 Å². The maximum absolute atomic E-state index is 13.2. The Morgan fingerprint density at radius 3 is 2.78 bits per heavy atom. The molecule has 0 spiro atoms. The van der Waals surface area contributed by atoms with Gasteiger partial charge in [0.05, 0.1) is 17.1 Å². The molecule has 0 N–H and O–H groups in total. The lowest BCUT2D eigenvalue weighted by Gasteiger charge is -2.13. The lowest BCUT2D eigenvalue weighted by Crippen LogP contribution is -1.99. The number of nitrogens with zero attached hydrogens (tertiary/aromatic N) is 1. The van der Waals surface area contributed by atoms with E-state index in [2.05, 4.69) is 0 Å². The number of hydrogen-bond acceptors (Lipinski definition) is 4. The van der Waals surface area contributed by atoms with E-state index < -0.39 is 4.92 Å². The largest absolute Gasteiger partial charge is 0.493 e. The van der Waals surface area contributed by atoms with E-state index >= 15 is 0 Å². The Bertz CT molecular complexity index is 749. The van der Waals surface area contributed by atoms with Crippen LogP contribution in [0.15, 0.2) is 42.6 Å². The topological polar surface area (TPSA) is 61.6 Å². The second-order valence-electron chi connectivity index (χ2n) is 4.55. The third-order valence-corrected chi connectivity index (χ3v) is 3.19. The first-order valence-corrected chi connectivity index (χ1v) is 6.94. The Balaban J connectivity index is 2.22. The molecule has 0 aromatic heterocycles. The molecular weight excluding hydrogens is 325 g/mol. The van der Waals surface area contributed by atoms with Crippen molar-refractivity contribution in [1.82, 2.24) is 0 Å². The van der Waals surface area contributed by atoms with E-state index in [0.717, 1.165) is 6.20 Å². The molecular formula is C16H13ClFNO4. The zero-order chi connectivity index (χ0) is 16.8.